The van der Waals surface area contributed by atoms with Gasteiger partial charge in [0.25, 0.3) is 0 Å². The minimum atomic E-state index is -0.236. The first-order valence-corrected chi connectivity index (χ1v) is 8.79. The smallest absolute Gasteiger partial charge is 0.165 e. The zero-order valence-electron chi connectivity index (χ0n) is 14.4. The Morgan fingerprint density at radius 2 is 1.56 bits per heavy atom. The number of nitrogens with zero attached hydrogens (tertiary/aromatic N) is 1. The van der Waals surface area contributed by atoms with Crippen LogP contribution in [0.25, 0.3) is 0 Å². The van der Waals surface area contributed by atoms with Gasteiger partial charge in [-0.3, -0.25) is 15.2 Å². The SMILES string of the molecule is O=C(CC(Nc1ccc(N(O)O)cc1)c1ccccc1)c1ccc(Cl)cc1. The van der Waals surface area contributed by atoms with Crippen LogP contribution < -0.4 is 10.5 Å². The summed E-state index contributed by atoms with van der Waals surface area (Å²) in [6, 6.07) is 22.9. The lowest BCUT2D eigenvalue weighted by Gasteiger charge is -2.20. The number of hydrogen-bond donors (Lipinski definition) is 3. The molecule has 0 fully saturated rings. The lowest BCUT2D eigenvalue weighted by atomic mass is 9.97. The molecule has 1 atom stereocenters. The molecule has 138 valence electrons. The molecule has 0 aliphatic carbocycles. The van der Waals surface area contributed by atoms with Gasteiger partial charge in [0.05, 0.1) is 11.7 Å². The van der Waals surface area contributed by atoms with Crippen LogP contribution in [0.15, 0.2) is 78.9 Å². The largest absolute Gasteiger partial charge is 0.378 e. The van der Waals surface area contributed by atoms with Crippen LogP contribution in [0.2, 0.25) is 5.02 Å². The zero-order valence-corrected chi connectivity index (χ0v) is 15.2. The second-order valence-electron chi connectivity index (χ2n) is 6.08. The number of halogens is 1. The molecule has 27 heavy (non-hydrogen) atoms. The molecule has 0 amide bonds. The minimum absolute atomic E-state index is 0.00142. The molecule has 0 bridgehead atoms. The van der Waals surface area contributed by atoms with E-state index in [0.717, 1.165) is 11.3 Å². The van der Waals surface area contributed by atoms with E-state index in [4.69, 9.17) is 22.0 Å². The average molecular weight is 383 g/mol. The molecule has 3 aromatic rings. The van der Waals surface area contributed by atoms with Gasteiger partial charge in [0.1, 0.15) is 0 Å². The Hall–Kier alpha value is -2.86. The van der Waals surface area contributed by atoms with Gasteiger partial charge in [-0.2, -0.15) is 0 Å². The first-order chi connectivity index (χ1) is 13.0. The fourth-order valence-corrected chi connectivity index (χ4v) is 2.89. The molecular formula is C21H19ClN2O3. The van der Waals surface area contributed by atoms with Gasteiger partial charge in [-0.15, -0.1) is 5.23 Å². The molecule has 3 rings (SSSR count). The van der Waals surface area contributed by atoms with Gasteiger partial charge in [-0.05, 0) is 54.1 Å². The number of nitrogens with one attached hydrogen (secondary N) is 1. The van der Waals surface area contributed by atoms with E-state index in [1.807, 2.05) is 30.3 Å². The third-order valence-corrected chi connectivity index (χ3v) is 4.45. The van der Waals surface area contributed by atoms with E-state index in [9.17, 15) is 4.79 Å². The maximum absolute atomic E-state index is 12.7. The van der Waals surface area contributed by atoms with Crippen LogP contribution in [0.3, 0.4) is 0 Å². The zero-order chi connectivity index (χ0) is 19.2. The maximum Gasteiger partial charge on any atom is 0.165 e. The molecule has 0 aromatic heterocycles. The molecule has 3 N–H and O–H groups in total. The molecule has 0 radical (unpaired) electrons. The van der Waals surface area contributed by atoms with E-state index in [1.165, 1.54) is 0 Å². The first-order valence-electron chi connectivity index (χ1n) is 8.41. The van der Waals surface area contributed by atoms with E-state index >= 15 is 0 Å². The normalized spacial score (nSPS) is 11.7. The average Bonchev–Trinajstić information content (AvgIpc) is 2.69. The topological polar surface area (TPSA) is 72.8 Å². The Bertz CT molecular complexity index is 882. The summed E-state index contributed by atoms with van der Waals surface area (Å²) < 4.78 is 0. The number of hydrogen-bond acceptors (Lipinski definition) is 5. The predicted molar refractivity (Wildman–Crippen MR) is 106 cm³/mol. The van der Waals surface area contributed by atoms with E-state index in [1.54, 1.807) is 48.5 Å². The highest BCUT2D eigenvalue weighted by Gasteiger charge is 2.17. The summed E-state index contributed by atoms with van der Waals surface area (Å²) in [4.78, 5) is 12.7. The Balaban J connectivity index is 1.81. The van der Waals surface area contributed by atoms with Gasteiger partial charge in [-0.25, -0.2) is 0 Å². The molecule has 1 unspecified atom stereocenters. The summed E-state index contributed by atoms with van der Waals surface area (Å²) in [6.07, 6.45) is 0.263. The van der Waals surface area contributed by atoms with Crippen LogP contribution >= 0.6 is 11.6 Å². The van der Waals surface area contributed by atoms with Crippen molar-refractivity contribution < 1.29 is 15.2 Å². The number of Topliss-reactive ketones (excluding diaryl/α,β-unsaturated/α-hetero) is 1. The maximum atomic E-state index is 12.7. The second kappa shape index (κ2) is 8.68. The molecule has 3 aromatic carbocycles. The van der Waals surface area contributed by atoms with E-state index in [2.05, 4.69) is 5.32 Å². The van der Waals surface area contributed by atoms with Gasteiger partial charge in [-0.1, -0.05) is 41.9 Å². The molecule has 0 saturated carbocycles. The van der Waals surface area contributed by atoms with Crippen LogP contribution in [0.1, 0.15) is 28.4 Å². The standard InChI is InChI=1S/C21H19ClN2O3/c22-17-8-6-16(7-9-17)21(25)14-20(15-4-2-1-3-5-15)23-18-10-12-19(13-11-18)24(26)27/h1-13,20,23,26-27H,14H2. The molecule has 6 heteroatoms. The molecule has 0 aliphatic rings. The third-order valence-electron chi connectivity index (χ3n) is 4.20. The van der Waals surface area contributed by atoms with Gasteiger partial charge in [0, 0.05) is 22.7 Å². The summed E-state index contributed by atoms with van der Waals surface area (Å²) in [5.74, 6) is 0.00142. The quantitative estimate of drug-likeness (QED) is 0.379. The number of benzene rings is 3. The lowest BCUT2D eigenvalue weighted by molar-refractivity contribution is 0.0291. The number of ketones is 1. The molecule has 0 heterocycles. The molecule has 0 aliphatic heterocycles. The van der Waals surface area contributed by atoms with Gasteiger partial charge in [0.15, 0.2) is 5.78 Å². The van der Waals surface area contributed by atoms with Crippen LogP contribution in [-0.2, 0) is 0 Å². The van der Waals surface area contributed by atoms with Gasteiger partial charge in [0.2, 0.25) is 0 Å². The fourth-order valence-electron chi connectivity index (χ4n) is 2.77. The van der Waals surface area contributed by atoms with Crippen LogP contribution in [-0.4, -0.2) is 16.2 Å². The van der Waals surface area contributed by atoms with E-state index in [-0.39, 0.29) is 29.2 Å². The summed E-state index contributed by atoms with van der Waals surface area (Å²) in [6.45, 7) is 0. The highest BCUT2D eigenvalue weighted by atomic mass is 35.5. The van der Waals surface area contributed by atoms with Crippen molar-refractivity contribution in [2.45, 2.75) is 12.5 Å². The van der Waals surface area contributed by atoms with E-state index in [0.29, 0.717) is 10.6 Å². The van der Waals surface area contributed by atoms with Crippen molar-refractivity contribution in [1.82, 2.24) is 0 Å². The predicted octanol–water partition coefficient (Wildman–Crippen LogP) is 5.35. The summed E-state index contributed by atoms with van der Waals surface area (Å²) in [7, 11) is 0. The van der Waals surface area contributed by atoms with E-state index < -0.39 is 0 Å². The summed E-state index contributed by atoms with van der Waals surface area (Å²) >= 11 is 5.90. The second-order valence-corrected chi connectivity index (χ2v) is 6.51. The van der Waals surface area contributed by atoms with Crippen molar-refractivity contribution in [2.75, 3.05) is 10.5 Å². The highest BCUT2D eigenvalue weighted by molar-refractivity contribution is 6.30. The lowest BCUT2D eigenvalue weighted by Crippen LogP contribution is -2.16. The molecule has 0 saturated heterocycles. The van der Waals surface area contributed by atoms with Crippen molar-refractivity contribution in [3.05, 3.63) is 95.0 Å². The van der Waals surface area contributed by atoms with Crippen molar-refractivity contribution in [1.29, 1.82) is 0 Å². The van der Waals surface area contributed by atoms with Gasteiger partial charge >= 0.3 is 0 Å². The third kappa shape index (κ3) is 5.08. The van der Waals surface area contributed by atoms with Gasteiger partial charge < -0.3 is 5.32 Å². The molecule has 0 spiro atoms. The van der Waals surface area contributed by atoms with Crippen molar-refractivity contribution in [3.8, 4) is 0 Å². The molecule has 5 nitrogen and oxygen atoms in total. The van der Waals surface area contributed by atoms with Crippen LogP contribution in [0.5, 0.6) is 0 Å². The molecular weight excluding hydrogens is 364 g/mol. The Labute approximate surface area is 162 Å². The Morgan fingerprint density at radius 1 is 0.926 bits per heavy atom. The number of rotatable bonds is 7. The van der Waals surface area contributed by atoms with Crippen LogP contribution in [0, 0.1) is 0 Å². The number of carbonyl (C=O) groups is 1. The summed E-state index contributed by atoms with van der Waals surface area (Å²) in [5.41, 5.74) is 2.59. The minimum Gasteiger partial charge on any atom is -0.378 e. The highest BCUT2D eigenvalue weighted by Crippen LogP contribution is 2.26. The fraction of sp³-hybridized carbons (Fsp3) is 0.0952. The number of anilines is 2. The summed E-state index contributed by atoms with van der Waals surface area (Å²) in [5, 5.41) is 22.1. The Kier molecular flexibility index (Phi) is 6.08. The number of carbonyl (C=O) groups excluding carboxylic acids is 1. The first kappa shape index (κ1) is 18.9. The van der Waals surface area contributed by atoms with Crippen LogP contribution in [0.4, 0.5) is 11.4 Å². The van der Waals surface area contributed by atoms with Crippen molar-refractivity contribution in [2.24, 2.45) is 0 Å². The Morgan fingerprint density at radius 3 is 2.15 bits per heavy atom. The van der Waals surface area contributed by atoms with Crippen molar-refractivity contribution in [3.63, 3.8) is 0 Å². The monoisotopic (exact) mass is 382 g/mol. The van der Waals surface area contributed by atoms with Crippen molar-refractivity contribution >= 4 is 28.8 Å².